The molecule has 3 rings (SSSR count). The van der Waals surface area contributed by atoms with E-state index in [9.17, 15) is 18.0 Å². The van der Waals surface area contributed by atoms with Gasteiger partial charge in [-0.1, -0.05) is 12.1 Å². The maximum Gasteiger partial charge on any atom is 0.416 e. The Bertz CT molecular complexity index is 887. The highest BCUT2D eigenvalue weighted by molar-refractivity contribution is 5.92. The Hall–Kier alpha value is -2.96. The number of ether oxygens (including phenoxy) is 2. The number of carbonyl (C=O) groups is 1. The summed E-state index contributed by atoms with van der Waals surface area (Å²) in [5.74, 6) is 1.05. The van der Waals surface area contributed by atoms with Crippen LogP contribution in [0.2, 0.25) is 0 Å². The quantitative estimate of drug-likeness (QED) is 0.614. The van der Waals surface area contributed by atoms with E-state index in [0.29, 0.717) is 22.6 Å². The number of alkyl halides is 3. The van der Waals surface area contributed by atoms with Crippen molar-refractivity contribution in [3.63, 3.8) is 0 Å². The van der Waals surface area contributed by atoms with Gasteiger partial charge in [0.1, 0.15) is 11.5 Å². The Labute approximate surface area is 167 Å². The molecule has 0 N–H and O–H groups in total. The Kier molecular flexibility index (Phi) is 6.15. The minimum absolute atomic E-state index is 0.113. The van der Waals surface area contributed by atoms with Crippen molar-refractivity contribution in [1.82, 2.24) is 4.90 Å². The molecule has 0 radical (unpaired) electrons. The molecule has 0 saturated heterocycles. The highest BCUT2D eigenvalue weighted by atomic mass is 19.4. The van der Waals surface area contributed by atoms with Crippen molar-refractivity contribution in [2.24, 2.45) is 0 Å². The summed E-state index contributed by atoms with van der Waals surface area (Å²) in [6.07, 6.45) is 0.528. The molecule has 0 bridgehead atoms. The molecule has 7 heteroatoms. The summed E-state index contributed by atoms with van der Waals surface area (Å²) in [5.41, 5.74) is 0.659. The molecule has 1 fully saturated rings. The van der Waals surface area contributed by atoms with Crippen molar-refractivity contribution in [2.75, 3.05) is 14.2 Å². The zero-order chi connectivity index (χ0) is 21.0. The molecule has 0 aromatic heterocycles. The molecule has 0 unspecified atom stereocenters. The normalized spacial score (nSPS) is 14.1. The van der Waals surface area contributed by atoms with E-state index in [1.54, 1.807) is 43.4 Å². The molecule has 1 saturated carbocycles. The average Bonchev–Trinajstić information content (AvgIpc) is 3.54. The van der Waals surface area contributed by atoms with Gasteiger partial charge in [-0.15, -0.1) is 0 Å². The SMILES string of the molecule is COc1ccc(OC)c(/C=C/C(=O)N(Cc2ccc(C(F)(F)F)cc2)C2CC2)c1. The van der Waals surface area contributed by atoms with Gasteiger partial charge in [0, 0.05) is 24.2 Å². The van der Waals surface area contributed by atoms with Crippen LogP contribution < -0.4 is 9.47 Å². The zero-order valence-electron chi connectivity index (χ0n) is 16.2. The molecule has 2 aromatic rings. The third-order valence-electron chi connectivity index (χ3n) is 4.75. The smallest absolute Gasteiger partial charge is 0.416 e. The lowest BCUT2D eigenvalue weighted by Gasteiger charge is -2.21. The van der Waals surface area contributed by atoms with Crippen molar-refractivity contribution < 1.29 is 27.4 Å². The number of halogens is 3. The van der Waals surface area contributed by atoms with Crippen molar-refractivity contribution >= 4 is 12.0 Å². The van der Waals surface area contributed by atoms with Crippen LogP contribution in [-0.2, 0) is 17.5 Å². The first-order valence-corrected chi connectivity index (χ1v) is 9.18. The number of hydrogen-bond acceptors (Lipinski definition) is 3. The number of carbonyl (C=O) groups excluding carboxylic acids is 1. The standard InChI is InChI=1S/C22H22F3NO3/c1-28-19-10-11-20(29-2)16(13-19)5-12-21(27)26(18-8-9-18)14-15-3-6-17(7-4-15)22(23,24)25/h3-7,10-13,18H,8-9,14H2,1-2H3/b12-5+. The first-order chi connectivity index (χ1) is 13.8. The van der Waals surface area contributed by atoms with Gasteiger partial charge in [0.2, 0.25) is 5.91 Å². The maximum absolute atomic E-state index is 12.8. The Balaban J connectivity index is 1.75. The minimum atomic E-state index is -4.37. The van der Waals surface area contributed by atoms with E-state index in [1.807, 2.05) is 0 Å². The van der Waals surface area contributed by atoms with E-state index in [4.69, 9.17) is 9.47 Å². The van der Waals surface area contributed by atoms with E-state index in [-0.39, 0.29) is 18.5 Å². The number of benzene rings is 2. The molecule has 1 amide bonds. The fourth-order valence-corrected chi connectivity index (χ4v) is 3.00. The van der Waals surface area contributed by atoms with Crippen LogP contribution in [0.3, 0.4) is 0 Å². The van der Waals surface area contributed by atoms with Crippen LogP contribution in [-0.4, -0.2) is 31.1 Å². The summed E-state index contributed by atoms with van der Waals surface area (Å²) >= 11 is 0. The molecular weight excluding hydrogens is 383 g/mol. The number of rotatable bonds is 7. The predicted molar refractivity (Wildman–Crippen MR) is 104 cm³/mol. The monoisotopic (exact) mass is 405 g/mol. The van der Waals surface area contributed by atoms with E-state index in [2.05, 4.69) is 0 Å². The van der Waals surface area contributed by atoms with Crippen LogP contribution in [0.25, 0.3) is 6.08 Å². The molecule has 0 atom stereocenters. The van der Waals surface area contributed by atoms with Crippen LogP contribution in [0.4, 0.5) is 13.2 Å². The molecule has 1 aliphatic carbocycles. The minimum Gasteiger partial charge on any atom is -0.497 e. The predicted octanol–water partition coefficient (Wildman–Crippen LogP) is 4.93. The van der Waals surface area contributed by atoms with Crippen molar-refractivity contribution in [3.05, 3.63) is 65.2 Å². The average molecular weight is 405 g/mol. The van der Waals surface area contributed by atoms with E-state index in [1.165, 1.54) is 18.2 Å². The fourth-order valence-electron chi connectivity index (χ4n) is 3.00. The van der Waals surface area contributed by atoms with Crippen molar-refractivity contribution in [2.45, 2.75) is 31.6 Å². The van der Waals surface area contributed by atoms with Gasteiger partial charge in [-0.2, -0.15) is 13.2 Å². The maximum atomic E-state index is 12.8. The molecule has 4 nitrogen and oxygen atoms in total. The summed E-state index contributed by atoms with van der Waals surface area (Å²) in [7, 11) is 3.10. The van der Waals surface area contributed by atoms with Gasteiger partial charge in [0.05, 0.1) is 19.8 Å². The van der Waals surface area contributed by atoms with Crippen LogP contribution in [0.15, 0.2) is 48.5 Å². The molecule has 0 spiro atoms. The Morgan fingerprint density at radius 1 is 1.10 bits per heavy atom. The van der Waals surface area contributed by atoms with Crippen molar-refractivity contribution in [1.29, 1.82) is 0 Å². The van der Waals surface area contributed by atoms with E-state index in [0.717, 1.165) is 25.0 Å². The van der Waals surface area contributed by atoms with Gasteiger partial charge in [-0.05, 0) is 54.8 Å². The van der Waals surface area contributed by atoms with Gasteiger partial charge in [0.25, 0.3) is 0 Å². The number of amides is 1. The Morgan fingerprint density at radius 3 is 2.34 bits per heavy atom. The van der Waals surface area contributed by atoms with Gasteiger partial charge >= 0.3 is 6.18 Å². The molecule has 1 aliphatic rings. The topological polar surface area (TPSA) is 38.8 Å². The highest BCUT2D eigenvalue weighted by Crippen LogP contribution is 2.32. The molecule has 154 valence electrons. The highest BCUT2D eigenvalue weighted by Gasteiger charge is 2.32. The van der Waals surface area contributed by atoms with Crippen LogP contribution in [0.5, 0.6) is 11.5 Å². The summed E-state index contributed by atoms with van der Waals surface area (Å²) in [4.78, 5) is 14.5. The van der Waals surface area contributed by atoms with Crippen LogP contribution >= 0.6 is 0 Å². The van der Waals surface area contributed by atoms with Crippen LogP contribution in [0.1, 0.15) is 29.5 Å². The lowest BCUT2D eigenvalue weighted by atomic mass is 10.1. The third kappa shape index (κ3) is 5.31. The van der Waals surface area contributed by atoms with Gasteiger partial charge in [0.15, 0.2) is 0 Å². The van der Waals surface area contributed by atoms with E-state index < -0.39 is 11.7 Å². The third-order valence-corrected chi connectivity index (χ3v) is 4.75. The number of hydrogen-bond donors (Lipinski definition) is 0. The summed E-state index contributed by atoms with van der Waals surface area (Å²) in [5, 5.41) is 0. The molecule has 0 heterocycles. The number of nitrogens with zero attached hydrogens (tertiary/aromatic N) is 1. The first kappa shape index (κ1) is 20.8. The zero-order valence-corrected chi connectivity index (χ0v) is 16.2. The molecule has 29 heavy (non-hydrogen) atoms. The second-order valence-electron chi connectivity index (χ2n) is 6.83. The Morgan fingerprint density at radius 2 is 1.79 bits per heavy atom. The second kappa shape index (κ2) is 8.59. The fraction of sp³-hybridized carbons (Fsp3) is 0.318. The summed E-state index contributed by atoms with van der Waals surface area (Å²) < 4.78 is 48.7. The lowest BCUT2D eigenvalue weighted by molar-refractivity contribution is -0.137. The van der Waals surface area contributed by atoms with Gasteiger partial charge in [-0.25, -0.2) is 0 Å². The van der Waals surface area contributed by atoms with Gasteiger partial charge in [-0.3, -0.25) is 4.79 Å². The second-order valence-corrected chi connectivity index (χ2v) is 6.83. The van der Waals surface area contributed by atoms with Crippen LogP contribution in [0, 0.1) is 0 Å². The largest absolute Gasteiger partial charge is 0.497 e. The molecular formula is C22H22F3NO3. The lowest BCUT2D eigenvalue weighted by Crippen LogP contribution is -2.31. The van der Waals surface area contributed by atoms with Crippen molar-refractivity contribution in [3.8, 4) is 11.5 Å². The number of methoxy groups -OCH3 is 2. The first-order valence-electron chi connectivity index (χ1n) is 9.18. The van der Waals surface area contributed by atoms with Gasteiger partial charge < -0.3 is 14.4 Å². The summed E-state index contributed by atoms with van der Waals surface area (Å²) in [6.45, 7) is 0.265. The molecule has 2 aromatic carbocycles. The molecule has 0 aliphatic heterocycles. The summed E-state index contributed by atoms with van der Waals surface area (Å²) in [6, 6.07) is 10.3. The van der Waals surface area contributed by atoms with E-state index >= 15 is 0 Å².